The van der Waals surface area contributed by atoms with Crippen molar-refractivity contribution in [3.8, 4) is 11.5 Å². The Kier molecular flexibility index (Phi) is 7.23. The fourth-order valence-corrected chi connectivity index (χ4v) is 2.43. The number of benzene rings is 2. The van der Waals surface area contributed by atoms with Gasteiger partial charge in [-0.15, -0.1) is 0 Å². The van der Waals surface area contributed by atoms with Gasteiger partial charge < -0.3 is 19.5 Å². The van der Waals surface area contributed by atoms with E-state index in [9.17, 15) is 9.59 Å². The number of aryl methyl sites for hydroxylation is 1. The summed E-state index contributed by atoms with van der Waals surface area (Å²) in [6.45, 7) is 8.10. The number of carbonyl (C=O) groups is 2. The molecule has 6 nitrogen and oxygen atoms in total. The molecular weight excluding hydrogens is 346 g/mol. The monoisotopic (exact) mass is 371 g/mol. The van der Waals surface area contributed by atoms with Crippen molar-refractivity contribution in [2.24, 2.45) is 0 Å². The quantitative estimate of drug-likeness (QED) is 0.711. The smallest absolute Gasteiger partial charge is 0.339 e. The lowest BCUT2D eigenvalue weighted by molar-refractivity contribution is -0.123. The molecule has 0 aromatic heterocycles. The molecule has 6 heteroatoms. The van der Waals surface area contributed by atoms with E-state index in [1.807, 2.05) is 39.0 Å². The van der Waals surface area contributed by atoms with Crippen LogP contribution in [0, 0.1) is 6.92 Å². The van der Waals surface area contributed by atoms with Gasteiger partial charge in [0.25, 0.3) is 5.91 Å². The minimum absolute atomic E-state index is 0.289. The molecule has 144 valence electrons. The van der Waals surface area contributed by atoms with E-state index >= 15 is 0 Å². The Bertz CT molecular complexity index is 803. The molecule has 0 radical (unpaired) electrons. The van der Waals surface area contributed by atoms with Crippen LogP contribution in [0.15, 0.2) is 42.5 Å². The van der Waals surface area contributed by atoms with Crippen LogP contribution in [0.3, 0.4) is 0 Å². The molecule has 0 saturated carbocycles. The van der Waals surface area contributed by atoms with E-state index in [0.717, 1.165) is 5.56 Å². The SMILES string of the molecule is CCOc1ccc(C(=O)O[C@H](C)C(=O)Nc2cccc(C)c2)cc1OCC. The van der Waals surface area contributed by atoms with Crippen LogP contribution >= 0.6 is 0 Å². The highest BCUT2D eigenvalue weighted by molar-refractivity contribution is 5.97. The maximum absolute atomic E-state index is 12.4. The van der Waals surface area contributed by atoms with Crippen molar-refractivity contribution < 1.29 is 23.8 Å². The Morgan fingerprint density at radius 1 is 1.00 bits per heavy atom. The number of carbonyl (C=O) groups excluding carboxylic acids is 2. The van der Waals surface area contributed by atoms with Gasteiger partial charge >= 0.3 is 5.97 Å². The topological polar surface area (TPSA) is 73.9 Å². The zero-order valence-electron chi connectivity index (χ0n) is 16.1. The standard InChI is InChI=1S/C21H25NO5/c1-5-25-18-11-10-16(13-19(18)26-6-2)21(24)27-15(4)20(23)22-17-9-7-8-14(3)12-17/h7-13,15H,5-6H2,1-4H3,(H,22,23)/t15-/m1/s1. The Hall–Kier alpha value is -3.02. The van der Waals surface area contributed by atoms with Crippen molar-refractivity contribution in [1.29, 1.82) is 0 Å². The summed E-state index contributed by atoms with van der Waals surface area (Å²) in [5.41, 5.74) is 1.97. The Morgan fingerprint density at radius 3 is 2.37 bits per heavy atom. The first kappa shape index (κ1) is 20.3. The highest BCUT2D eigenvalue weighted by Crippen LogP contribution is 2.29. The van der Waals surface area contributed by atoms with Crippen LogP contribution in [-0.2, 0) is 9.53 Å². The molecule has 0 bridgehead atoms. The molecule has 27 heavy (non-hydrogen) atoms. The average molecular weight is 371 g/mol. The lowest BCUT2D eigenvalue weighted by Gasteiger charge is -2.15. The van der Waals surface area contributed by atoms with Gasteiger partial charge in [-0.05, 0) is 63.6 Å². The van der Waals surface area contributed by atoms with Gasteiger partial charge in [-0.3, -0.25) is 4.79 Å². The fourth-order valence-electron chi connectivity index (χ4n) is 2.43. The molecule has 0 fully saturated rings. The van der Waals surface area contributed by atoms with Crippen LogP contribution < -0.4 is 14.8 Å². The molecule has 1 N–H and O–H groups in total. The first-order valence-electron chi connectivity index (χ1n) is 8.92. The van der Waals surface area contributed by atoms with Crippen molar-refractivity contribution in [3.05, 3.63) is 53.6 Å². The van der Waals surface area contributed by atoms with Gasteiger partial charge in [0.15, 0.2) is 17.6 Å². The average Bonchev–Trinajstić information content (AvgIpc) is 2.63. The van der Waals surface area contributed by atoms with E-state index in [2.05, 4.69) is 5.32 Å². The number of amides is 1. The van der Waals surface area contributed by atoms with Crippen molar-refractivity contribution in [1.82, 2.24) is 0 Å². The second kappa shape index (κ2) is 9.62. The molecule has 0 aliphatic heterocycles. The predicted molar refractivity (Wildman–Crippen MR) is 103 cm³/mol. The zero-order chi connectivity index (χ0) is 19.8. The molecule has 0 unspecified atom stereocenters. The first-order valence-corrected chi connectivity index (χ1v) is 8.92. The summed E-state index contributed by atoms with van der Waals surface area (Å²) in [5.74, 6) is 0.0163. The van der Waals surface area contributed by atoms with Crippen molar-refractivity contribution in [2.75, 3.05) is 18.5 Å². The van der Waals surface area contributed by atoms with Crippen LogP contribution in [0.5, 0.6) is 11.5 Å². The fraction of sp³-hybridized carbons (Fsp3) is 0.333. The molecule has 1 atom stereocenters. The number of anilines is 1. The molecule has 0 heterocycles. The van der Waals surface area contributed by atoms with E-state index in [1.165, 1.54) is 6.92 Å². The van der Waals surface area contributed by atoms with E-state index in [0.29, 0.717) is 30.4 Å². The maximum Gasteiger partial charge on any atom is 0.339 e. The second-order valence-electron chi connectivity index (χ2n) is 5.93. The number of ether oxygens (including phenoxy) is 3. The van der Waals surface area contributed by atoms with Crippen LogP contribution in [0.1, 0.15) is 36.7 Å². The number of nitrogens with one attached hydrogen (secondary N) is 1. The molecule has 2 aromatic rings. The third kappa shape index (κ3) is 5.74. The summed E-state index contributed by atoms with van der Waals surface area (Å²) >= 11 is 0. The van der Waals surface area contributed by atoms with Crippen LogP contribution in [-0.4, -0.2) is 31.2 Å². The minimum atomic E-state index is -0.944. The molecular formula is C21H25NO5. The van der Waals surface area contributed by atoms with Gasteiger partial charge in [-0.2, -0.15) is 0 Å². The predicted octanol–water partition coefficient (Wildman–Crippen LogP) is 3.98. The van der Waals surface area contributed by atoms with Gasteiger partial charge in [-0.25, -0.2) is 4.79 Å². The highest BCUT2D eigenvalue weighted by Gasteiger charge is 2.20. The molecule has 0 aliphatic carbocycles. The molecule has 1 amide bonds. The summed E-state index contributed by atoms with van der Waals surface area (Å²) in [4.78, 5) is 24.7. The van der Waals surface area contributed by atoms with Crippen LogP contribution in [0.4, 0.5) is 5.69 Å². The van der Waals surface area contributed by atoms with E-state index in [1.54, 1.807) is 24.3 Å². The molecule has 2 rings (SSSR count). The van der Waals surface area contributed by atoms with Gasteiger partial charge in [0.05, 0.1) is 18.8 Å². The molecule has 0 saturated heterocycles. The second-order valence-corrected chi connectivity index (χ2v) is 5.93. The lowest BCUT2D eigenvalue weighted by atomic mass is 10.2. The largest absolute Gasteiger partial charge is 0.490 e. The van der Waals surface area contributed by atoms with E-state index in [-0.39, 0.29) is 5.56 Å². The van der Waals surface area contributed by atoms with Crippen LogP contribution in [0.25, 0.3) is 0 Å². The molecule has 2 aromatic carbocycles. The third-order valence-corrected chi connectivity index (χ3v) is 3.72. The maximum atomic E-state index is 12.4. The number of hydrogen-bond donors (Lipinski definition) is 1. The molecule has 0 spiro atoms. The van der Waals surface area contributed by atoms with Crippen molar-refractivity contribution in [2.45, 2.75) is 33.8 Å². The number of hydrogen-bond acceptors (Lipinski definition) is 5. The highest BCUT2D eigenvalue weighted by atomic mass is 16.5. The summed E-state index contributed by atoms with van der Waals surface area (Å²) < 4.78 is 16.3. The first-order chi connectivity index (χ1) is 12.9. The summed E-state index contributed by atoms with van der Waals surface area (Å²) in [6, 6.07) is 12.2. The summed E-state index contributed by atoms with van der Waals surface area (Å²) in [6.07, 6.45) is -0.944. The van der Waals surface area contributed by atoms with E-state index in [4.69, 9.17) is 14.2 Å². The van der Waals surface area contributed by atoms with Gasteiger partial charge in [0, 0.05) is 5.69 Å². The van der Waals surface area contributed by atoms with Gasteiger partial charge in [0.2, 0.25) is 0 Å². The minimum Gasteiger partial charge on any atom is -0.490 e. The Balaban J connectivity index is 2.04. The zero-order valence-corrected chi connectivity index (χ0v) is 16.1. The van der Waals surface area contributed by atoms with Gasteiger partial charge in [0.1, 0.15) is 0 Å². The van der Waals surface area contributed by atoms with Crippen molar-refractivity contribution >= 4 is 17.6 Å². The lowest BCUT2D eigenvalue weighted by Crippen LogP contribution is -2.30. The summed E-state index contributed by atoms with van der Waals surface area (Å²) in [5, 5.41) is 2.74. The van der Waals surface area contributed by atoms with Crippen LogP contribution in [0.2, 0.25) is 0 Å². The Morgan fingerprint density at radius 2 is 1.70 bits per heavy atom. The molecule has 0 aliphatic rings. The summed E-state index contributed by atoms with van der Waals surface area (Å²) in [7, 11) is 0. The third-order valence-electron chi connectivity index (χ3n) is 3.72. The van der Waals surface area contributed by atoms with Crippen molar-refractivity contribution in [3.63, 3.8) is 0 Å². The normalized spacial score (nSPS) is 11.4. The van der Waals surface area contributed by atoms with E-state index < -0.39 is 18.0 Å². The Labute approximate surface area is 159 Å². The van der Waals surface area contributed by atoms with Gasteiger partial charge in [-0.1, -0.05) is 12.1 Å². The number of rotatable bonds is 8. The number of esters is 1.